The average molecular weight is 253 g/mol. The van der Waals surface area contributed by atoms with E-state index in [1.54, 1.807) is 0 Å². The summed E-state index contributed by atoms with van der Waals surface area (Å²) in [7, 11) is 0. The van der Waals surface area contributed by atoms with Crippen molar-refractivity contribution in [2.75, 3.05) is 13.1 Å². The number of benzene rings is 2. The van der Waals surface area contributed by atoms with Crippen molar-refractivity contribution in [1.29, 1.82) is 0 Å². The molecule has 0 aliphatic carbocycles. The number of Topliss-reactive ketones (excluding diaryl/α,β-unsaturated/α-hetero) is 1. The predicted octanol–water partition coefficient (Wildman–Crippen LogP) is 2.95. The number of carbonyl (C=O) groups excluding carboxylic acids is 1. The Morgan fingerprint density at radius 2 is 2.00 bits per heavy atom. The van der Waals surface area contributed by atoms with Crippen LogP contribution in [-0.2, 0) is 11.2 Å². The van der Waals surface area contributed by atoms with E-state index < -0.39 is 0 Å². The van der Waals surface area contributed by atoms with Gasteiger partial charge in [-0.25, -0.2) is 0 Å². The zero-order chi connectivity index (χ0) is 13.1. The molecule has 1 atom stereocenters. The van der Waals surface area contributed by atoms with Gasteiger partial charge in [-0.1, -0.05) is 42.5 Å². The van der Waals surface area contributed by atoms with Gasteiger partial charge in [-0.15, -0.1) is 0 Å². The summed E-state index contributed by atoms with van der Waals surface area (Å²) in [4.78, 5) is 12.2. The first-order chi connectivity index (χ1) is 9.33. The molecule has 1 aliphatic rings. The highest BCUT2D eigenvalue weighted by molar-refractivity contribution is 5.90. The molecule has 1 aliphatic heterocycles. The number of rotatable bonds is 4. The Kier molecular flexibility index (Phi) is 3.60. The summed E-state index contributed by atoms with van der Waals surface area (Å²) in [5, 5.41) is 5.75. The summed E-state index contributed by atoms with van der Waals surface area (Å²) < 4.78 is 0. The third kappa shape index (κ3) is 2.85. The Morgan fingerprint density at radius 3 is 2.84 bits per heavy atom. The maximum atomic E-state index is 12.2. The molecule has 98 valence electrons. The van der Waals surface area contributed by atoms with E-state index in [1.165, 1.54) is 10.8 Å². The molecule has 1 heterocycles. The van der Waals surface area contributed by atoms with Crippen LogP contribution in [0.15, 0.2) is 42.5 Å². The van der Waals surface area contributed by atoms with Crippen LogP contribution in [0.2, 0.25) is 0 Å². The summed E-state index contributed by atoms with van der Waals surface area (Å²) in [5.41, 5.74) is 1.16. The first kappa shape index (κ1) is 12.4. The van der Waals surface area contributed by atoms with Gasteiger partial charge in [-0.2, -0.15) is 0 Å². The molecule has 1 N–H and O–H groups in total. The van der Waals surface area contributed by atoms with Gasteiger partial charge in [0.25, 0.3) is 0 Å². The second-order valence-electron chi connectivity index (χ2n) is 5.42. The average Bonchev–Trinajstić information content (AvgIpc) is 2.92. The van der Waals surface area contributed by atoms with Gasteiger partial charge < -0.3 is 5.32 Å². The molecule has 0 bridgehead atoms. The molecule has 19 heavy (non-hydrogen) atoms. The molecule has 0 amide bonds. The summed E-state index contributed by atoms with van der Waals surface area (Å²) in [5.74, 6) is 0.910. The quantitative estimate of drug-likeness (QED) is 0.907. The topological polar surface area (TPSA) is 29.1 Å². The van der Waals surface area contributed by atoms with Gasteiger partial charge in [0.05, 0.1) is 0 Å². The van der Waals surface area contributed by atoms with Crippen molar-refractivity contribution >= 4 is 16.6 Å². The highest BCUT2D eigenvalue weighted by Gasteiger charge is 2.18. The lowest BCUT2D eigenvalue weighted by Gasteiger charge is -2.09. The Bertz CT molecular complexity index is 579. The molecule has 0 aromatic heterocycles. The van der Waals surface area contributed by atoms with Gasteiger partial charge in [0, 0.05) is 12.8 Å². The van der Waals surface area contributed by atoms with E-state index in [-0.39, 0.29) is 0 Å². The van der Waals surface area contributed by atoms with E-state index in [1.807, 2.05) is 18.2 Å². The molecular formula is C17H19NO. The number of hydrogen-bond acceptors (Lipinski definition) is 2. The number of hydrogen-bond donors (Lipinski definition) is 1. The molecule has 2 aromatic rings. The molecule has 2 nitrogen and oxygen atoms in total. The molecular weight excluding hydrogens is 234 g/mol. The normalized spacial score (nSPS) is 18.8. The fourth-order valence-electron chi connectivity index (χ4n) is 2.94. The highest BCUT2D eigenvalue weighted by atomic mass is 16.1. The van der Waals surface area contributed by atoms with Crippen LogP contribution in [0.5, 0.6) is 0 Å². The predicted molar refractivity (Wildman–Crippen MR) is 78.3 cm³/mol. The lowest BCUT2D eigenvalue weighted by molar-refractivity contribution is -0.119. The second kappa shape index (κ2) is 5.54. The van der Waals surface area contributed by atoms with Crippen molar-refractivity contribution in [3.05, 3.63) is 48.0 Å². The minimum Gasteiger partial charge on any atom is -0.316 e. The third-order valence-corrected chi connectivity index (χ3v) is 3.95. The molecule has 2 aromatic carbocycles. The van der Waals surface area contributed by atoms with Crippen LogP contribution in [-0.4, -0.2) is 18.9 Å². The van der Waals surface area contributed by atoms with Gasteiger partial charge >= 0.3 is 0 Å². The van der Waals surface area contributed by atoms with Gasteiger partial charge in [0.15, 0.2) is 0 Å². The van der Waals surface area contributed by atoms with Crippen molar-refractivity contribution in [2.24, 2.45) is 5.92 Å². The van der Waals surface area contributed by atoms with Crippen molar-refractivity contribution < 1.29 is 4.79 Å². The first-order valence-corrected chi connectivity index (χ1v) is 7.02. The van der Waals surface area contributed by atoms with E-state index in [9.17, 15) is 4.79 Å². The minimum absolute atomic E-state index is 0.366. The number of carbonyl (C=O) groups is 1. The van der Waals surface area contributed by atoms with Crippen LogP contribution in [0.3, 0.4) is 0 Å². The van der Waals surface area contributed by atoms with Crippen LogP contribution < -0.4 is 5.32 Å². The lowest BCUT2D eigenvalue weighted by atomic mass is 9.95. The van der Waals surface area contributed by atoms with Crippen molar-refractivity contribution in [3.63, 3.8) is 0 Å². The first-order valence-electron chi connectivity index (χ1n) is 7.02. The van der Waals surface area contributed by atoms with Crippen LogP contribution in [0.25, 0.3) is 10.8 Å². The fraction of sp³-hybridized carbons (Fsp3) is 0.353. The largest absolute Gasteiger partial charge is 0.316 e. The molecule has 3 rings (SSSR count). The molecule has 0 saturated carbocycles. The van der Waals surface area contributed by atoms with Gasteiger partial charge in [-0.3, -0.25) is 4.79 Å². The molecule has 0 spiro atoms. The van der Waals surface area contributed by atoms with Crippen molar-refractivity contribution in [1.82, 2.24) is 5.32 Å². The third-order valence-electron chi connectivity index (χ3n) is 3.95. The Morgan fingerprint density at radius 1 is 1.16 bits per heavy atom. The van der Waals surface area contributed by atoms with Crippen LogP contribution >= 0.6 is 0 Å². The van der Waals surface area contributed by atoms with Crippen molar-refractivity contribution in [2.45, 2.75) is 19.3 Å². The Hall–Kier alpha value is -1.67. The number of ketones is 1. The summed E-state index contributed by atoms with van der Waals surface area (Å²) >= 11 is 0. The second-order valence-corrected chi connectivity index (χ2v) is 5.42. The SMILES string of the molecule is O=C(Cc1cccc2ccccc12)CC1CCNC1. The minimum atomic E-state index is 0.366. The van der Waals surface area contributed by atoms with Gasteiger partial charge in [-0.05, 0) is 41.8 Å². The van der Waals surface area contributed by atoms with Crippen LogP contribution in [0.1, 0.15) is 18.4 Å². The smallest absolute Gasteiger partial charge is 0.137 e. The Labute approximate surface area is 113 Å². The molecule has 1 saturated heterocycles. The number of fused-ring (bicyclic) bond motifs is 1. The van der Waals surface area contributed by atoms with Crippen LogP contribution in [0, 0.1) is 5.92 Å². The summed E-state index contributed by atoms with van der Waals surface area (Å²) in [6.07, 6.45) is 2.43. The zero-order valence-electron chi connectivity index (χ0n) is 11.1. The summed E-state index contributed by atoms with van der Waals surface area (Å²) in [6.45, 7) is 2.06. The number of nitrogens with one attached hydrogen (secondary N) is 1. The van der Waals surface area contributed by atoms with E-state index in [2.05, 4.69) is 29.6 Å². The van der Waals surface area contributed by atoms with Gasteiger partial charge in [0.1, 0.15) is 5.78 Å². The van der Waals surface area contributed by atoms with E-state index in [0.29, 0.717) is 18.1 Å². The monoisotopic (exact) mass is 253 g/mol. The summed E-state index contributed by atoms with van der Waals surface area (Å²) in [6, 6.07) is 14.5. The molecule has 0 radical (unpaired) electrons. The molecule has 1 fully saturated rings. The van der Waals surface area contributed by atoms with E-state index >= 15 is 0 Å². The standard InChI is InChI=1S/C17H19NO/c19-16(10-13-8-9-18-12-13)11-15-6-3-5-14-4-1-2-7-17(14)15/h1-7,13,18H,8-12H2. The van der Waals surface area contributed by atoms with E-state index in [0.717, 1.165) is 31.5 Å². The molecule has 1 unspecified atom stereocenters. The lowest BCUT2D eigenvalue weighted by Crippen LogP contribution is -2.14. The zero-order valence-corrected chi connectivity index (χ0v) is 11.1. The maximum absolute atomic E-state index is 12.2. The van der Waals surface area contributed by atoms with E-state index in [4.69, 9.17) is 0 Å². The van der Waals surface area contributed by atoms with Crippen LogP contribution in [0.4, 0.5) is 0 Å². The van der Waals surface area contributed by atoms with Crippen molar-refractivity contribution in [3.8, 4) is 0 Å². The fourth-order valence-corrected chi connectivity index (χ4v) is 2.94. The molecule has 2 heteroatoms. The van der Waals surface area contributed by atoms with Gasteiger partial charge in [0.2, 0.25) is 0 Å². The Balaban J connectivity index is 1.75. The highest BCUT2D eigenvalue weighted by Crippen LogP contribution is 2.21. The maximum Gasteiger partial charge on any atom is 0.137 e.